The van der Waals surface area contributed by atoms with E-state index in [0.29, 0.717) is 45.0 Å². The molecule has 2 heterocycles. The van der Waals surface area contributed by atoms with Crippen molar-refractivity contribution in [1.82, 2.24) is 19.4 Å². The molecule has 0 saturated carbocycles. The Hall–Kier alpha value is -2.93. The normalized spacial score (nSPS) is 11.3. The van der Waals surface area contributed by atoms with Crippen molar-refractivity contribution < 1.29 is 0 Å². The van der Waals surface area contributed by atoms with Crippen molar-refractivity contribution in [2.75, 3.05) is 31.5 Å². The van der Waals surface area contributed by atoms with Crippen molar-refractivity contribution in [3.63, 3.8) is 0 Å². The van der Waals surface area contributed by atoms with Crippen molar-refractivity contribution in [2.24, 2.45) is 0 Å². The van der Waals surface area contributed by atoms with Gasteiger partial charge >= 0.3 is 0 Å². The maximum absolute atomic E-state index is 13.0. The zero-order valence-electron chi connectivity index (χ0n) is 18.6. The van der Waals surface area contributed by atoms with Crippen LogP contribution in [0.3, 0.4) is 0 Å². The van der Waals surface area contributed by atoms with Gasteiger partial charge in [0.1, 0.15) is 0 Å². The summed E-state index contributed by atoms with van der Waals surface area (Å²) in [6, 6.07) is 18.0. The second kappa shape index (κ2) is 10.3. The molecule has 8 heteroatoms. The zero-order chi connectivity index (χ0) is 23.4. The van der Waals surface area contributed by atoms with Crippen LogP contribution in [0, 0.1) is 0 Å². The smallest absolute Gasteiger partial charge is 0.256 e. The summed E-state index contributed by atoms with van der Waals surface area (Å²) in [5.74, 6) is 0.427. The minimum atomic E-state index is -0.228. The number of fused-ring (bicyclic) bond motifs is 1. The zero-order valence-corrected chi connectivity index (χ0v) is 20.1. The molecule has 2 aromatic heterocycles. The van der Waals surface area contributed by atoms with E-state index in [2.05, 4.69) is 24.1 Å². The highest BCUT2D eigenvalue weighted by Crippen LogP contribution is 2.33. The van der Waals surface area contributed by atoms with Gasteiger partial charge < -0.3 is 10.2 Å². The van der Waals surface area contributed by atoms with Crippen LogP contribution in [0.2, 0.25) is 10.0 Å². The number of halogens is 2. The lowest BCUT2D eigenvalue weighted by Crippen LogP contribution is -2.29. The molecule has 0 aliphatic heterocycles. The lowest BCUT2D eigenvalue weighted by atomic mass is 10.1. The van der Waals surface area contributed by atoms with E-state index in [1.54, 1.807) is 18.2 Å². The Kier molecular flexibility index (Phi) is 7.28. The van der Waals surface area contributed by atoms with E-state index in [1.165, 1.54) is 10.6 Å². The van der Waals surface area contributed by atoms with Gasteiger partial charge in [-0.05, 0) is 37.4 Å². The van der Waals surface area contributed by atoms with Crippen molar-refractivity contribution in [3.8, 4) is 16.9 Å². The summed E-state index contributed by atoms with van der Waals surface area (Å²) in [7, 11) is 0. The van der Waals surface area contributed by atoms with Crippen molar-refractivity contribution >= 4 is 40.2 Å². The third-order valence-corrected chi connectivity index (χ3v) is 6.23. The first-order valence-corrected chi connectivity index (χ1v) is 11.7. The summed E-state index contributed by atoms with van der Waals surface area (Å²) >= 11 is 13.0. The van der Waals surface area contributed by atoms with Crippen LogP contribution in [0.25, 0.3) is 28.0 Å². The molecule has 0 spiro atoms. The first-order chi connectivity index (χ1) is 16.0. The Balaban J connectivity index is 1.92. The van der Waals surface area contributed by atoms with Gasteiger partial charge in [0.25, 0.3) is 5.56 Å². The Morgan fingerprint density at radius 3 is 2.30 bits per heavy atom. The van der Waals surface area contributed by atoms with Gasteiger partial charge in [0.2, 0.25) is 5.95 Å². The summed E-state index contributed by atoms with van der Waals surface area (Å²) < 4.78 is 1.52. The number of rotatable bonds is 8. The molecular weight excluding hydrogens is 457 g/mol. The molecule has 33 heavy (non-hydrogen) atoms. The molecule has 1 N–H and O–H groups in total. The van der Waals surface area contributed by atoms with Crippen LogP contribution in [0.4, 0.5) is 5.95 Å². The largest absolute Gasteiger partial charge is 0.353 e. The van der Waals surface area contributed by atoms with Gasteiger partial charge in [-0.25, -0.2) is 4.98 Å². The number of para-hydroxylation sites is 1. The molecule has 4 rings (SSSR count). The number of aromatic nitrogens is 3. The molecule has 6 nitrogen and oxygen atoms in total. The number of likely N-dealkylation sites (N-methyl/N-ethyl adjacent to an activating group) is 1. The van der Waals surface area contributed by atoms with Gasteiger partial charge in [-0.1, -0.05) is 67.4 Å². The van der Waals surface area contributed by atoms with Crippen LogP contribution in [-0.4, -0.2) is 45.6 Å². The Labute approximate surface area is 202 Å². The predicted molar refractivity (Wildman–Crippen MR) is 137 cm³/mol. The molecule has 0 aliphatic rings. The van der Waals surface area contributed by atoms with E-state index in [4.69, 9.17) is 33.2 Å². The molecule has 0 aliphatic carbocycles. The number of pyridine rings is 1. The molecule has 0 saturated heterocycles. The third kappa shape index (κ3) is 4.88. The fourth-order valence-corrected chi connectivity index (χ4v) is 4.23. The third-order valence-electron chi connectivity index (χ3n) is 5.58. The quantitative estimate of drug-likeness (QED) is 0.359. The van der Waals surface area contributed by atoms with Crippen LogP contribution >= 0.6 is 23.2 Å². The number of hydrogen-bond acceptors (Lipinski definition) is 5. The molecule has 0 amide bonds. The van der Waals surface area contributed by atoms with Gasteiger partial charge in [-0.2, -0.15) is 4.98 Å². The number of nitrogens with zero attached hydrogens (tertiary/aromatic N) is 4. The molecule has 0 radical (unpaired) electrons. The van der Waals surface area contributed by atoms with Gasteiger partial charge in [0.15, 0.2) is 5.65 Å². The van der Waals surface area contributed by atoms with E-state index in [9.17, 15) is 4.79 Å². The fraction of sp³-hybridized carbons (Fsp3) is 0.240. The van der Waals surface area contributed by atoms with Crippen molar-refractivity contribution in [2.45, 2.75) is 13.8 Å². The molecule has 2 aromatic carbocycles. The SMILES string of the molecule is CCN(CC)CCNc1nc(-c2ccccc2Cl)c2ccc(=O)n(-c3ccccc3Cl)c2n1. The minimum Gasteiger partial charge on any atom is -0.353 e. The van der Waals surface area contributed by atoms with E-state index in [-0.39, 0.29) is 5.56 Å². The number of benzene rings is 2. The average molecular weight is 482 g/mol. The standard InChI is InChI=1S/C25H25Cl2N5O/c1-3-31(4-2)16-15-28-25-29-23(17-9-5-6-10-19(17)26)18-13-14-22(33)32(24(18)30-25)21-12-8-7-11-20(21)27/h5-14H,3-4,15-16H2,1-2H3,(H,28,29,30). The van der Waals surface area contributed by atoms with Gasteiger partial charge in [0, 0.05) is 35.1 Å². The Morgan fingerprint density at radius 2 is 1.61 bits per heavy atom. The van der Waals surface area contributed by atoms with Crippen LogP contribution in [0.15, 0.2) is 65.5 Å². The first kappa shape index (κ1) is 23.2. The van der Waals surface area contributed by atoms with Crippen LogP contribution in [0.5, 0.6) is 0 Å². The van der Waals surface area contributed by atoms with E-state index in [1.807, 2.05) is 36.4 Å². The van der Waals surface area contributed by atoms with Crippen LogP contribution in [0.1, 0.15) is 13.8 Å². The number of nitrogens with one attached hydrogen (secondary N) is 1. The Bertz CT molecular complexity index is 1330. The molecule has 170 valence electrons. The van der Waals surface area contributed by atoms with Crippen LogP contribution in [-0.2, 0) is 0 Å². The number of hydrogen-bond donors (Lipinski definition) is 1. The van der Waals surface area contributed by atoms with Crippen molar-refractivity contribution in [3.05, 3.63) is 81.1 Å². The highest BCUT2D eigenvalue weighted by atomic mass is 35.5. The molecule has 0 atom stereocenters. The molecule has 0 bridgehead atoms. The van der Waals surface area contributed by atoms with Gasteiger partial charge in [0.05, 0.1) is 16.4 Å². The van der Waals surface area contributed by atoms with E-state index >= 15 is 0 Å². The molecule has 4 aromatic rings. The predicted octanol–water partition coefficient (Wildman–Crippen LogP) is 5.51. The summed E-state index contributed by atoms with van der Waals surface area (Å²) in [6.07, 6.45) is 0. The lowest BCUT2D eigenvalue weighted by Gasteiger charge is -2.19. The first-order valence-electron chi connectivity index (χ1n) is 10.9. The summed E-state index contributed by atoms with van der Waals surface area (Å²) in [6.45, 7) is 7.71. The maximum Gasteiger partial charge on any atom is 0.256 e. The monoisotopic (exact) mass is 481 g/mol. The fourth-order valence-electron chi connectivity index (χ4n) is 3.78. The number of anilines is 1. The highest BCUT2D eigenvalue weighted by Gasteiger charge is 2.17. The van der Waals surface area contributed by atoms with Gasteiger partial charge in [-0.3, -0.25) is 9.36 Å². The van der Waals surface area contributed by atoms with Gasteiger partial charge in [-0.15, -0.1) is 0 Å². The molecular formula is C25H25Cl2N5O. The average Bonchev–Trinajstić information content (AvgIpc) is 2.82. The van der Waals surface area contributed by atoms with E-state index in [0.717, 1.165) is 25.2 Å². The molecule has 0 fully saturated rings. The highest BCUT2D eigenvalue weighted by molar-refractivity contribution is 6.33. The second-order valence-electron chi connectivity index (χ2n) is 7.53. The summed E-state index contributed by atoms with van der Waals surface area (Å²) in [4.78, 5) is 24.8. The Morgan fingerprint density at radius 1 is 0.909 bits per heavy atom. The maximum atomic E-state index is 13.0. The van der Waals surface area contributed by atoms with Crippen LogP contribution < -0.4 is 10.9 Å². The topological polar surface area (TPSA) is 63.1 Å². The molecule has 0 unspecified atom stereocenters. The summed E-state index contributed by atoms with van der Waals surface area (Å²) in [5, 5.41) is 5.06. The minimum absolute atomic E-state index is 0.228. The lowest BCUT2D eigenvalue weighted by molar-refractivity contribution is 0.316. The second-order valence-corrected chi connectivity index (χ2v) is 8.34. The van der Waals surface area contributed by atoms with E-state index < -0.39 is 0 Å². The van der Waals surface area contributed by atoms with Crippen molar-refractivity contribution in [1.29, 1.82) is 0 Å². The summed E-state index contributed by atoms with van der Waals surface area (Å²) in [5.41, 5.74) is 2.21.